The summed E-state index contributed by atoms with van der Waals surface area (Å²) < 4.78 is 75.0. The second-order valence-corrected chi connectivity index (χ2v) is 9.44. The average Bonchev–Trinajstić information content (AvgIpc) is 3.32. The van der Waals surface area contributed by atoms with Crippen molar-refractivity contribution < 1.29 is 60.4 Å². The van der Waals surface area contributed by atoms with Crippen LogP contribution in [0.5, 0.6) is 0 Å². The number of pyridine rings is 1. The molecule has 3 saturated heterocycles. The lowest BCUT2D eigenvalue weighted by atomic mass is 9.91. The van der Waals surface area contributed by atoms with E-state index in [4.69, 9.17) is 29.3 Å². The van der Waals surface area contributed by atoms with Gasteiger partial charge >= 0.3 is 24.3 Å². The van der Waals surface area contributed by atoms with E-state index in [2.05, 4.69) is 27.3 Å². The van der Waals surface area contributed by atoms with Crippen molar-refractivity contribution in [2.45, 2.75) is 56.8 Å². The van der Waals surface area contributed by atoms with E-state index in [0.29, 0.717) is 11.8 Å². The number of amides is 1. The third kappa shape index (κ3) is 11.6. The van der Waals surface area contributed by atoms with Gasteiger partial charge in [0.1, 0.15) is 6.10 Å². The van der Waals surface area contributed by atoms with Crippen molar-refractivity contribution in [3.63, 3.8) is 0 Å². The lowest BCUT2D eigenvalue weighted by Crippen LogP contribution is -2.42. The number of fused-ring (bicyclic) bond motifs is 1. The molecule has 4 heterocycles. The molecule has 3 fully saturated rings. The van der Waals surface area contributed by atoms with Crippen molar-refractivity contribution in [1.29, 1.82) is 0 Å². The molecule has 0 unspecified atom stereocenters. The molecular weight excluding hydrogens is 556 g/mol. The van der Waals surface area contributed by atoms with Crippen LogP contribution in [-0.4, -0.2) is 95.4 Å². The number of alkyl halides is 6. The van der Waals surface area contributed by atoms with Crippen LogP contribution >= 0.6 is 0 Å². The number of hydrogen-bond acceptors (Lipinski definition) is 7. The Labute approximate surface area is 225 Å². The number of carbonyl (C=O) groups excluding carboxylic acids is 1. The Morgan fingerprint density at radius 2 is 1.52 bits per heavy atom. The minimum atomic E-state index is -5.08. The number of aliphatic carboxylic acids is 2. The first-order valence-corrected chi connectivity index (χ1v) is 12.4. The van der Waals surface area contributed by atoms with Crippen molar-refractivity contribution in [3.05, 3.63) is 30.1 Å². The first kappa shape index (κ1) is 33.2. The Balaban J connectivity index is 0.000000333. The van der Waals surface area contributed by atoms with Gasteiger partial charge in [-0.15, -0.1) is 0 Å². The molecule has 3 atom stereocenters. The highest BCUT2D eigenvalue weighted by Gasteiger charge is 2.42. The molecule has 3 aliphatic rings. The number of likely N-dealkylation sites (tertiary alicyclic amines) is 1. The second kappa shape index (κ2) is 15.1. The van der Waals surface area contributed by atoms with Crippen LogP contribution in [-0.2, 0) is 30.4 Å². The van der Waals surface area contributed by atoms with Gasteiger partial charge in [-0.25, -0.2) is 9.59 Å². The van der Waals surface area contributed by atoms with Gasteiger partial charge in [0.05, 0.1) is 6.10 Å². The van der Waals surface area contributed by atoms with Crippen molar-refractivity contribution >= 4 is 17.8 Å². The molecule has 0 bridgehead atoms. The van der Waals surface area contributed by atoms with E-state index in [0.717, 1.165) is 65.1 Å². The monoisotopic (exact) mass is 587 g/mol. The fourth-order valence-electron chi connectivity index (χ4n) is 4.36. The summed E-state index contributed by atoms with van der Waals surface area (Å²) in [7, 11) is 0. The van der Waals surface area contributed by atoms with E-state index in [-0.39, 0.29) is 18.1 Å². The Kier molecular flexibility index (Phi) is 12.6. The maximum absolute atomic E-state index is 12.5. The normalized spacial score (nSPS) is 23.5. The number of hydrogen-bond donors (Lipinski definition) is 3. The lowest BCUT2D eigenvalue weighted by molar-refractivity contribution is -0.193. The fraction of sp³-hybridized carbons (Fsp3) is 0.667. The lowest BCUT2D eigenvalue weighted by Gasteiger charge is -2.34. The number of ether oxygens (including phenoxy) is 2. The minimum absolute atomic E-state index is 0.0755. The SMILES string of the molecule is O=C(NCC1CCOCC1)[C@H]1C[C@@H]2CCN(Cc3ccncc3)C[C@H]2O1.O=C(O)C(F)(F)F.O=C(O)C(F)(F)F. The number of aromatic nitrogens is 1. The number of halogens is 6. The maximum atomic E-state index is 12.5. The minimum Gasteiger partial charge on any atom is -0.475 e. The molecule has 40 heavy (non-hydrogen) atoms. The second-order valence-electron chi connectivity index (χ2n) is 9.44. The van der Waals surface area contributed by atoms with Crippen molar-refractivity contribution in [3.8, 4) is 0 Å². The number of nitrogens with zero attached hydrogens (tertiary/aromatic N) is 2. The zero-order chi connectivity index (χ0) is 29.9. The zero-order valence-electron chi connectivity index (χ0n) is 21.3. The molecule has 1 amide bonds. The predicted molar refractivity (Wildman–Crippen MR) is 125 cm³/mol. The van der Waals surface area contributed by atoms with Crippen LogP contribution in [0, 0.1) is 11.8 Å². The van der Waals surface area contributed by atoms with Crippen molar-refractivity contribution in [2.75, 3.05) is 32.8 Å². The standard InChI is InChI=1S/C20H29N3O3.2C2HF3O2/c24-20(22-12-15-4-9-25-10-5-15)18-11-17-3-8-23(14-19(17)26-18)13-16-1-6-21-7-2-16;2*3-2(4,5)1(6)7/h1-2,6-7,15,17-19H,3-5,8-14H2,(H,22,24);2*(H,6,7)/t17-,18+,19+;;/m0../s1. The Hall–Kier alpha value is -2.98. The molecular formula is C24H31F6N3O7. The van der Waals surface area contributed by atoms with Gasteiger partial charge in [0, 0.05) is 45.2 Å². The highest BCUT2D eigenvalue weighted by molar-refractivity contribution is 5.81. The molecule has 1 aromatic heterocycles. The van der Waals surface area contributed by atoms with Gasteiger partial charge in [-0.3, -0.25) is 14.7 Å². The molecule has 1 aromatic rings. The summed E-state index contributed by atoms with van der Waals surface area (Å²) >= 11 is 0. The summed E-state index contributed by atoms with van der Waals surface area (Å²) in [6.07, 6.45) is -2.51. The molecule has 0 spiro atoms. The number of rotatable bonds is 5. The topological polar surface area (TPSA) is 138 Å². The number of nitrogens with one attached hydrogen (secondary N) is 1. The van der Waals surface area contributed by atoms with E-state index in [1.165, 1.54) is 5.56 Å². The summed E-state index contributed by atoms with van der Waals surface area (Å²) in [5.74, 6) is -4.37. The molecule has 0 saturated carbocycles. The van der Waals surface area contributed by atoms with Crippen LogP contribution in [0.3, 0.4) is 0 Å². The van der Waals surface area contributed by atoms with Crippen LogP contribution in [0.25, 0.3) is 0 Å². The Morgan fingerprint density at radius 3 is 2.05 bits per heavy atom. The van der Waals surface area contributed by atoms with Gasteiger partial charge in [0.25, 0.3) is 0 Å². The van der Waals surface area contributed by atoms with Gasteiger partial charge in [-0.1, -0.05) is 0 Å². The Morgan fingerprint density at radius 1 is 0.975 bits per heavy atom. The molecule has 10 nitrogen and oxygen atoms in total. The fourth-order valence-corrected chi connectivity index (χ4v) is 4.36. The summed E-state index contributed by atoms with van der Waals surface area (Å²) in [6.45, 7) is 5.30. The average molecular weight is 588 g/mol. The molecule has 226 valence electrons. The van der Waals surface area contributed by atoms with Crippen molar-refractivity contribution in [2.24, 2.45) is 11.8 Å². The molecule has 4 rings (SSSR count). The first-order chi connectivity index (χ1) is 18.7. The van der Waals surface area contributed by atoms with E-state index in [1.807, 2.05) is 12.4 Å². The largest absolute Gasteiger partial charge is 0.490 e. The van der Waals surface area contributed by atoms with Crippen molar-refractivity contribution in [1.82, 2.24) is 15.2 Å². The number of carbonyl (C=O) groups is 3. The quantitative estimate of drug-likeness (QED) is 0.444. The molecule has 3 N–H and O–H groups in total. The van der Waals surface area contributed by atoms with Gasteiger partial charge in [0.15, 0.2) is 0 Å². The van der Waals surface area contributed by atoms with Crippen LogP contribution in [0.4, 0.5) is 26.3 Å². The van der Waals surface area contributed by atoms with Gasteiger partial charge < -0.3 is 25.0 Å². The first-order valence-electron chi connectivity index (χ1n) is 12.4. The van der Waals surface area contributed by atoms with E-state index in [1.54, 1.807) is 0 Å². The number of carboxylic acids is 2. The highest BCUT2D eigenvalue weighted by Crippen LogP contribution is 2.34. The third-order valence-corrected chi connectivity index (χ3v) is 6.47. The number of carboxylic acid groups (broad SMARTS) is 2. The van der Waals surface area contributed by atoms with Crippen LogP contribution in [0.15, 0.2) is 24.5 Å². The number of piperidine rings is 1. The molecule has 16 heteroatoms. The van der Waals surface area contributed by atoms with Crippen LogP contribution < -0.4 is 5.32 Å². The molecule has 0 radical (unpaired) electrons. The summed E-state index contributed by atoms with van der Waals surface area (Å²) in [4.78, 5) is 36.8. The van der Waals surface area contributed by atoms with Crippen LogP contribution in [0.1, 0.15) is 31.2 Å². The molecule has 3 aliphatic heterocycles. The van der Waals surface area contributed by atoms with Gasteiger partial charge in [-0.05, 0) is 61.8 Å². The Bertz CT molecular complexity index is 935. The third-order valence-electron chi connectivity index (χ3n) is 6.47. The summed E-state index contributed by atoms with van der Waals surface area (Å²) in [5.41, 5.74) is 1.28. The van der Waals surface area contributed by atoms with Crippen LogP contribution in [0.2, 0.25) is 0 Å². The van der Waals surface area contributed by atoms with Gasteiger partial charge in [0.2, 0.25) is 5.91 Å². The predicted octanol–water partition coefficient (Wildman–Crippen LogP) is 2.87. The molecule has 0 aliphatic carbocycles. The van der Waals surface area contributed by atoms with E-state index >= 15 is 0 Å². The summed E-state index contributed by atoms with van der Waals surface area (Å²) in [5, 5.41) is 17.4. The zero-order valence-corrected chi connectivity index (χ0v) is 21.3. The van der Waals surface area contributed by atoms with Gasteiger partial charge in [-0.2, -0.15) is 26.3 Å². The molecule has 0 aromatic carbocycles. The summed E-state index contributed by atoms with van der Waals surface area (Å²) in [6, 6.07) is 4.13. The van der Waals surface area contributed by atoms with E-state index < -0.39 is 24.3 Å². The van der Waals surface area contributed by atoms with E-state index in [9.17, 15) is 31.1 Å². The maximum Gasteiger partial charge on any atom is 0.490 e. The smallest absolute Gasteiger partial charge is 0.475 e. The highest BCUT2D eigenvalue weighted by atomic mass is 19.4.